The molecule has 24 heavy (non-hydrogen) atoms. The molecule has 0 aliphatic heterocycles. The molecular weight excluding hydrogens is 323 g/mol. The molecule has 2 atom stereocenters. The number of amides is 1. The monoisotopic (exact) mass is 339 g/mol. The van der Waals surface area contributed by atoms with Gasteiger partial charge in [0.25, 0.3) is 0 Å². The van der Waals surface area contributed by atoms with E-state index in [4.69, 9.17) is 0 Å². The predicted octanol–water partition coefficient (Wildman–Crippen LogP) is 3.54. The fraction of sp³-hybridized carbons (Fsp3) is 0.375. The van der Waals surface area contributed by atoms with Crippen LogP contribution in [0, 0.1) is 5.92 Å². The van der Waals surface area contributed by atoms with E-state index in [0.717, 1.165) is 0 Å². The SMILES string of the molecule is CCn1cc(NC(=O)C2CC2c2ccccc2OC(F)(F)F)cn1. The molecule has 0 radical (unpaired) electrons. The minimum Gasteiger partial charge on any atom is -0.405 e. The number of aryl methyl sites for hydroxylation is 1. The number of rotatable bonds is 5. The standard InChI is InChI=1S/C16H16F3N3O2/c1-2-22-9-10(8-20-22)21-15(23)13-7-12(13)11-5-3-4-6-14(11)24-16(17,18)19/h3-6,8-9,12-13H,2,7H2,1H3,(H,21,23). The van der Waals surface area contributed by atoms with Crippen LogP contribution in [0.3, 0.4) is 0 Å². The van der Waals surface area contributed by atoms with Crippen molar-refractivity contribution in [1.29, 1.82) is 0 Å². The molecule has 128 valence electrons. The number of hydrogen-bond donors (Lipinski definition) is 1. The van der Waals surface area contributed by atoms with Gasteiger partial charge < -0.3 is 10.1 Å². The maximum Gasteiger partial charge on any atom is 0.573 e. The van der Waals surface area contributed by atoms with Gasteiger partial charge >= 0.3 is 6.36 Å². The topological polar surface area (TPSA) is 56.2 Å². The number of aromatic nitrogens is 2. The highest BCUT2D eigenvalue weighted by Gasteiger charge is 2.46. The second kappa shape index (κ2) is 6.18. The number of para-hydroxylation sites is 1. The lowest BCUT2D eigenvalue weighted by Crippen LogP contribution is -2.18. The second-order valence-electron chi connectivity index (χ2n) is 5.61. The zero-order valence-electron chi connectivity index (χ0n) is 12.9. The smallest absolute Gasteiger partial charge is 0.405 e. The summed E-state index contributed by atoms with van der Waals surface area (Å²) in [5, 5.41) is 6.80. The van der Waals surface area contributed by atoms with Crippen molar-refractivity contribution in [1.82, 2.24) is 9.78 Å². The van der Waals surface area contributed by atoms with Crippen LogP contribution in [0.25, 0.3) is 0 Å². The molecule has 1 amide bonds. The van der Waals surface area contributed by atoms with E-state index < -0.39 is 6.36 Å². The summed E-state index contributed by atoms with van der Waals surface area (Å²) in [5.74, 6) is -1.11. The summed E-state index contributed by atoms with van der Waals surface area (Å²) in [7, 11) is 0. The Morgan fingerprint density at radius 1 is 1.42 bits per heavy atom. The Morgan fingerprint density at radius 2 is 2.17 bits per heavy atom. The molecule has 1 aliphatic carbocycles. The van der Waals surface area contributed by atoms with Gasteiger partial charge in [0.2, 0.25) is 5.91 Å². The van der Waals surface area contributed by atoms with Crippen molar-refractivity contribution in [3.05, 3.63) is 42.2 Å². The lowest BCUT2D eigenvalue weighted by atomic mass is 10.1. The molecule has 3 rings (SSSR count). The summed E-state index contributed by atoms with van der Waals surface area (Å²) < 4.78 is 43.1. The summed E-state index contributed by atoms with van der Waals surface area (Å²) in [5.41, 5.74) is 0.978. The van der Waals surface area contributed by atoms with Gasteiger partial charge in [0.1, 0.15) is 5.75 Å². The Labute approximate surface area is 136 Å². The summed E-state index contributed by atoms with van der Waals surface area (Å²) in [6.07, 6.45) is -1.01. The minimum absolute atomic E-state index is 0.225. The summed E-state index contributed by atoms with van der Waals surface area (Å²) in [6, 6.07) is 5.94. The number of halogens is 3. The number of carbonyl (C=O) groups is 1. The molecule has 1 heterocycles. The number of ether oxygens (including phenoxy) is 1. The second-order valence-corrected chi connectivity index (χ2v) is 5.61. The summed E-state index contributed by atoms with van der Waals surface area (Å²) in [4.78, 5) is 12.2. The van der Waals surface area contributed by atoms with Crippen molar-refractivity contribution >= 4 is 11.6 Å². The summed E-state index contributed by atoms with van der Waals surface area (Å²) in [6.45, 7) is 2.61. The minimum atomic E-state index is -4.75. The van der Waals surface area contributed by atoms with E-state index in [1.165, 1.54) is 12.1 Å². The fourth-order valence-electron chi connectivity index (χ4n) is 2.67. The van der Waals surface area contributed by atoms with Crippen LogP contribution in [0.1, 0.15) is 24.8 Å². The third-order valence-corrected chi connectivity index (χ3v) is 3.90. The van der Waals surface area contributed by atoms with Crippen molar-refractivity contribution in [2.24, 2.45) is 5.92 Å². The number of alkyl halides is 3. The first-order chi connectivity index (χ1) is 11.4. The van der Waals surface area contributed by atoms with Crippen LogP contribution in [0.15, 0.2) is 36.7 Å². The fourth-order valence-corrected chi connectivity index (χ4v) is 2.67. The quantitative estimate of drug-likeness (QED) is 0.906. The van der Waals surface area contributed by atoms with Crippen molar-refractivity contribution < 1.29 is 22.7 Å². The Kier molecular flexibility index (Phi) is 4.21. The van der Waals surface area contributed by atoms with Crippen molar-refractivity contribution in [2.45, 2.75) is 32.2 Å². The predicted molar refractivity (Wildman–Crippen MR) is 80.5 cm³/mol. The van der Waals surface area contributed by atoms with Crippen LogP contribution in [0.4, 0.5) is 18.9 Å². The molecule has 0 saturated heterocycles. The Balaban J connectivity index is 1.67. The van der Waals surface area contributed by atoms with E-state index >= 15 is 0 Å². The van der Waals surface area contributed by atoms with Gasteiger partial charge in [-0.3, -0.25) is 9.48 Å². The van der Waals surface area contributed by atoms with Gasteiger partial charge in [-0.2, -0.15) is 5.10 Å². The number of hydrogen-bond acceptors (Lipinski definition) is 3. The Morgan fingerprint density at radius 3 is 2.83 bits per heavy atom. The molecule has 1 aliphatic rings. The van der Waals surface area contributed by atoms with Gasteiger partial charge in [-0.05, 0) is 30.9 Å². The molecule has 1 fully saturated rings. The molecule has 1 saturated carbocycles. The largest absolute Gasteiger partial charge is 0.573 e. The van der Waals surface area contributed by atoms with Crippen molar-refractivity contribution in [3.63, 3.8) is 0 Å². The molecular formula is C16H16F3N3O2. The molecule has 0 spiro atoms. The maximum absolute atomic E-state index is 12.5. The van der Waals surface area contributed by atoms with Crippen LogP contribution >= 0.6 is 0 Å². The normalized spacial score (nSPS) is 19.8. The average Bonchev–Trinajstić information content (AvgIpc) is 3.19. The van der Waals surface area contributed by atoms with Crippen LogP contribution in [-0.2, 0) is 11.3 Å². The number of carbonyl (C=O) groups excluding carboxylic acids is 1. The van der Waals surface area contributed by atoms with Crippen molar-refractivity contribution in [2.75, 3.05) is 5.32 Å². The maximum atomic E-state index is 12.5. The molecule has 1 aromatic carbocycles. The van der Waals surface area contributed by atoms with Gasteiger partial charge in [-0.15, -0.1) is 13.2 Å². The van der Waals surface area contributed by atoms with Gasteiger partial charge in [-0.1, -0.05) is 18.2 Å². The number of nitrogens with one attached hydrogen (secondary N) is 1. The molecule has 8 heteroatoms. The molecule has 1 aromatic heterocycles. The highest BCUT2D eigenvalue weighted by Crippen LogP contribution is 2.51. The lowest BCUT2D eigenvalue weighted by Gasteiger charge is -2.13. The molecule has 1 N–H and O–H groups in total. The highest BCUT2D eigenvalue weighted by molar-refractivity contribution is 5.95. The molecule has 2 aromatic rings. The number of nitrogens with zero attached hydrogens (tertiary/aromatic N) is 2. The van der Waals surface area contributed by atoms with Gasteiger partial charge in [0.15, 0.2) is 0 Å². The first-order valence-corrected chi connectivity index (χ1v) is 7.55. The van der Waals surface area contributed by atoms with E-state index in [2.05, 4.69) is 15.2 Å². The highest BCUT2D eigenvalue weighted by atomic mass is 19.4. The zero-order valence-corrected chi connectivity index (χ0v) is 12.9. The first kappa shape index (κ1) is 16.4. The van der Waals surface area contributed by atoms with Crippen LogP contribution in [0.2, 0.25) is 0 Å². The van der Waals surface area contributed by atoms with Crippen LogP contribution in [-0.4, -0.2) is 22.1 Å². The zero-order chi connectivity index (χ0) is 17.3. The average molecular weight is 339 g/mol. The van der Waals surface area contributed by atoms with E-state index in [-0.39, 0.29) is 23.5 Å². The third-order valence-electron chi connectivity index (χ3n) is 3.90. The number of anilines is 1. The van der Waals surface area contributed by atoms with E-state index in [1.54, 1.807) is 29.2 Å². The first-order valence-electron chi connectivity index (χ1n) is 7.55. The lowest BCUT2D eigenvalue weighted by molar-refractivity contribution is -0.274. The van der Waals surface area contributed by atoms with E-state index in [0.29, 0.717) is 24.2 Å². The van der Waals surface area contributed by atoms with E-state index in [1.807, 2.05) is 6.92 Å². The molecule has 2 unspecified atom stereocenters. The third kappa shape index (κ3) is 3.69. The Hall–Kier alpha value is -2.51. The summed E-state index contributed by atoms with van der Waals surface area (Å²) >= 11 is 0. The van der Waals surface area contributed by atoms with Gasteiger partial charge in [0, 0.05) is 18.7 Å². The molecule has 0 bridgehead atoms. The van der Waals surface area contributed by atoms with E-state index in [9.17, 15) is 18.0 Å². The van der Waals surface area contributed by atoms with Gasteiger partial charge in [-0.25, -0.2) is 0 Å². The van der Waals surface area contributed by atoms with Gasteiger partial charge in [0.05, 0.1) is 11.9 Å². The Bertz CT molecular complexity index is 742. The van der Waals surface area contributed by atoms with Crippen LogP contribution in [0.5, 0.6) is 5.75 Å². The van der Waals surface area contributed by atoms with Crippen molar-refractivity contribution in [3.8, 4) is 5.75 Å². The molecule has 5 nitrogen and oxygen atoms in total. The number of benzene rings is 1. The van der Waals surface area contributed by atoms with Crippen LogP contribution < -0.4 is 10.1 Å².